The molecule has 136 valence electrons. The van der Waals surface area contributed by atoms with Gasteiger partial charge in [-0.2, -0.15) is 0 Å². The van der Waals surface area contributed by atoms with Crippen molar-refractivity contribution in [2.45, 2.75) is 13.3 Å². The van der Waals surface area contributed by atoms with Crippen molar-refractivity contribution in [1.29, 1.82) is 5.41 Å². The van der Waals surface area contributed by atoms with Crippen LogP contribution in [0.3, 0.4) is 0 Å². The SMILES string of the molecule is CCOC1=CC(=Nc2ccc(CCNCCO)cc2)C(N)=CC1=N.Cl. The first-order chi connectivity index (χ1) is 11.6. The number of ether oxygens (including phenoxy) is 1. The first-order valence-corrected chi connectivity index (χ1v) is 8.04. The Bertz CT molecular complexity index is 666. The summed E-state index contributed by atoms with van der Waals surface area (Å²) in [6.45, 7) is 3.96. The smallest absolute Gasteiger partial charge is 0.146 e. The number of aliphatic hydroxyl groups excluding tert-OH is 1. The van der Waals surface area contributed by atoms with E-state index < -0.39 is 0 Å². The van der Waals surface area contributed by atoms with E-state index in [0.29, 0.717) is 30.3 Å². The predicted molar refractivity (Wildman–Crippen MR) is 104 cm³/mol. The highest BCUT2D eigenvalue weighted by Crippen LogP contribution is 2.18. The number of allylic oxidation sites excluding steroid dienone is 2. The molecule has 0 spiro atoms. The highest BCUT2D eigenvalue weighted by molar-refractivity contribution is 6.22. The van der Waals surface area contributed by atoms with E-state index in [9.17, 15) is 0 Å². The molecule has 0 radical (unpaired) electrons. The Hall–Kier alpha value is -2.15. The molecule has 2 rings (SSSR count). The second kappa shape index (κ2) is 10.7. The van der Waals surface area contributed by atoms with Crippen LogP contribution in [0.2, 0.25) is 0 Å². The van der Waals surface area contributed by atoms with Crippen LogP contribution in [0.4, 0.5) is 5.69 Å². The number of hydrogen-bond donors (Lipinski definition) is 4. The molecule has 0 saturated carbocycles. The maximum Gasteiger partial charge on any atom is 0.146 e. The number of hydrogen-bond acceptors (Lipinski definition) is 6. The standard InChI is InChI=1S/C18H24N4O2.ClH/c1-2-24-18-12-17(15(19)11-16(18)20)22-14-5-3-13(4-6-14)7-8-21-9-10-23;/h3-6,11-12,20-21,23H,2,7-10,19H2,1H3;1H. The summed E-state index contributed by atoms with van der Waals surface area (Å²) in [5.41, 5.74) is 9.28. The molecule has 0 saturated heterocycles. The highest BCUT2D eigenvalue weighted by Gasteiger charge is 2.15. The van der Waals surface area contributed by atoms with E-state index in [0.717, 1.165) is 18.7 Å². The maximum atomic E-state index is 8.73. The number of halogens is 1. The van der Waals surface area contributed by atoms with Gasteiger partial charge in [0.15, 0.2) is 0 Å². The Kier molecular flexibility index (Phi) is 8.91. The van der Waals surface area contributed by atoms with Gasteiger partial charge in [0.05, 0.1) is 36.0 Å². The molecular weight excluding hydrogens is 340 g/mol. The molecule has 1 aromatic carbocycles. The molecule has 0 fully saturated rings. The average Bonchev–Trinajstić information content (AvgIpc) is 2.57. The minimum Gasteiger partial charge on any atom is -0.492 e. The molecule has 0 unspecified atom stereocenters. The van der Waals surface area contributed by atoms with Gasteiger partial charge in [-0.3, -0.25) is 5.41 Å². The van der Waals surface area contributed by atoms with Crippen molar-refractivity contribution >= 4 is 29.5 Å². The first kappa shape index (κ1) is 20.9. The van der Waals surface area contributed by atoms with E-state index in [-0.39, 0.29) is 24.7 Å². The minimum atomic E-state index is 0. The molecular formula is C18H25ClN4O2. The molecule has 0 atom stereocenters. The Labute approximate surface area is 154 Å². The maximum absolute atomic E-state index is 8.73. The highest BCUT2D eigenvalue weighted by atomic mass is 35.5. The number of nitrogens with one attached hydrogen (secondary N) is 2. The number of aliphatic imine (C=N–C) groups is 1. The molecule has 0 aliphatic heterocycles. The van der Waals surface area contributed by atoms with Crippen LogP contribution < -0.4 is 11.1 Å². The van der Waals surface area contributed by atoms with Gasteiger partial charge in [0.2, 0.25) is 0 Å². The van der Waals surface area contributed by atoms with Gasteiger partial charge in [-0.15, -0.1) is 12.4 Å². The molecule has 0 heterocycles. The van der Waals surface area contributed by atoms with E-state index in [1.54, 1.807) is 12.2 Å². The fraction of sp³-hybridized carbons (Fsp3) is 0.333. The van der Waals surface area contributed by atoms with Gasteiger partial charge < -0.3 is 20.9 Å². The van der Waals surface area contributed by atoms with Crippen LogP contribution in [-0.2, 0) is 11.2 Å². The second-order valence-corrected chi connectivity index (χ2v) is 5.34. The lowest BCUT2D eigenvalue weighted by molar-refractivity contribution is 0.250. The van der Waals surface area contributed by atoms with Crippen LogP contribution in [0, 0.1) is 5.41 Å². The third-order valence-corrected chi connectivity index (χ3v) is 3.49. The van der Waals surface area contributed by atoms with E-state index in [2.05, 4.69) is 10.3 Å². The third kappa shape index (κ3) is 6.34. The van der Waals surface area contributed by atoms with E-state index in [1.807, 2.05) is 31.2 Å². The lowest BCUT2D eigenvalue weighted by Crippen LogP contribution is -2.20. The Balaban J connectivity index is 0.00000312. The quantitative estimate of drug-likeness (QED) is 0.419. The van der Waals surface area contributed by atoms with Crippen LogP contribution in [0.25, 0.3) is 0 Å². The summed E-state index contributed by atoms with van der Waals surface area (Å²) in [6.07, 6.45) is 4.16. The van der Waals surface area contributed by atoms with Crippen molar-refractivity contribution in [3.8, 4) is 0 Å². The Morgan fingerprint density at radius 3 is 2.56 bits per heavy atom. The number of nitrogens with two attached hydrogens (primary N) is 1. The lowest BCUT2D eigenvalue weighted by atomic mass is 10.1. The van der Waals surface area contributed by atoms with Gasteiger partial charge in [-0.1, -0.05) is 12.1 Å². The number of nitrogens with zero attached hydrogens (tertiary/aromatic N) is 1. The van der Waals surface area contributed by atoms with Crippen molar-refractivity contribution in [2.75, 3.05) is 26.3 Å². The van der Waals surface area contributed by atoms with Gasteiger partial charge >= 0.3 is 0 Å². The fourth-order valence-corrected chi connectivity index (χ4v) is 2.27. The van der Waals surface area contributed by atoms with Crippen LogP contribution in [0.15, 0.2) is 52.9 Å². The van der Waals surface area contributed by atoms with Crippen LogP contribution in [0.5, 0.6) is 0 Å². The molecule has 0 amide bonds. The zero-order chi connectivity index (χ0) is 17.4. The van der Waals surface area contributed by atoms with Gasteiger partial charge in [0.1, 0.15) is 5.76 Å². The summed E-state index contributed by atoms with van der Waals surface area (Å²) in [4.78, 5) is 4.54. The summed E-state index contributed by atoms with van der Waals surface area (Å²) in [5, 5.41) is 19.7. The average molecular weight is 365 g/mol. The lowest BCUT2D eigenvalue weighted by Gasteiger charge is -2.14. The monoisotopic (exact) mass is 364 g/mol. The second-order valence-electron chi connectivity index (χ2n) is 5.34. The van der Waals surface area contributed by atoms with Crippen molar-refractivity contribution in [3.05, 3.63) is 53.4 Å². The Morgan fingerprint density at radius 2 is 1.92 bits per heavy atom. The Morgan fingerprint density at radius 1 is 1.20 bits per heavy atom. The summed E-state index contributed by atoms with van der Waals surface area (Å²) in [6, 6.07) is 7.93. The first-order valence-electron chi connectivity index (χ1n) is 8.04. The number of rotatable bonds is 8. The summed E-state index contributed by atoms with van der Waals surface area (Å²) in [7, 11) is 0. The molecule has 1 aliphatic carbocycles. The molecule has 25 heavy (non-hydrogen) atoms. The summed E-state index contributed by atoms with van der Waals surface area (Å²) < 4.78 is 5.43. The van der Waals surface area contributed by atoms with Crippen molar-refractivity contribution in [3.63, 3.8) is 0 Å². The van der Waals surface area contributed by atoms with Crippen molar-refractivity contribution in [1.82, 2.24) is 5.32 Å². The van der Waals surface area contributed by atoms with Crippen molar-refractivity contribution in [2.24, 2.45) is 10.7 Å². The van der Waals surface area contributed by atoms with Crippen LogP contribution >= 0.6 is 12.4 Å². The molecule has 7 heteroatoms. The number of aliphatic hydroxyl groups is 1. The summed E-state index contributed by atoms with van der Waals surface area (Å²) >= 11 is 0. The van der Waals surface area contributed by atoms with E-state index in [4.69, 9.17) is 21.0 Å². The van der Waals surface area contributed by atoms with E-state index >= 15 is 0 Å². The topological polar surface area (TPSA) is 104 Å². The van der Waals surface area contributed by atoms with Gasteiger partial charge in [0.25, 0.3) is 0 Å². The third-order valence-electron chi connectivity index (χ3n) is 3.49. The summed E-state index contributed by atoms with van der Waals surface area (Å²) in [5.74, 6) is 0.483. The molecule has 1 aromatic rings. The molecule has 1 aliphatic rings. The predicted octanol–water partition coefficient (Wildman–Crippen LogP) is 2.10. The fourth-order valence-electron chi connectivity index (χ4n) is 2.27. The zero-order valence-electron chi connectivity index (χ0n) is 14.3. The van der Waals surface area contributed by atoms with Crippen LogP contribution in [-0.4, -0.2) is 42.8 Å². The van der Waals surface area contributed by atoms with Gasteiger partial charge in [-0.25, -0.2) is 4.99 Å². The van der Waals surface area contributed by atoms with E-state index in [1.165, 1.54) is 5.56 Å². The zero-order valence-corrected chi connectivity index (χ0v) is 15.1. The molecule has 5 N–H and O–H groups in total. The number of benzene rings is 1. The van der Waals surface area contributed by atoms with Gasteiger partial charge in [-0.05, 0) is 43.7 Å². The van der Waals surface area contributed by atoms with Gasteiger partial charge in [0, 0.05) is 12.6 Å². The largest absolute Gasteiger partial charge is 0.492 e. The normalized spacial score (nSPS) is 15.4. The van der Waals surface area contributed by atoms with Crippen molar-refractivity contribution < 1.29 is 9.84 Å². The van der Waals surface area contributed by atoms with Crippen LogP contribution in [0.1, 0.15) is 12.5 Å². The molecule has 0 aromatic heterocycles. The molecule has 6 nitrogen and oxygen atoms in total. The molecule has 0 bridgehead atoms. The minimum absolute atomic E-state index is 0.